The van der Waals surface area contributed by atoms with E-state index in [1.807, 2.05) is 24.3 Å². The van der Waals surface area contributed by atoms with Crippen molar-refractivity contribution in [1.29, 1.82) is 0 Å². The van der Waals surface area contributed by atoms with Crippen LogP contribution in [0, 0.1) is 6.92 Å². The lowest BCUT2D eigenvalue weighted by Gasteiger charge is -2.13. The second-order valence-electron chi connectivity index (χ2n) is 4.18. The van der Waals surface area contributed by atoms with Crippen LogP contribution in [-0.4, -0.2) is 22.0 Å². The molecule has 94 valence electrons. The van der Waals surface area contributed by atoms with Crippen molar-refractivity contribution >= 4 is 22.8 Å². The van der Waals surface area contributed by atoms with E-state index in [9.17, 15) is 14.7 Å². The molecule has 0 radical (unpaired) electrons. The average Bonchev–Trinajstić information content (AvgIpc) is 2.61. The first-order chi connectivity index (χ1) is 8.50. The van der Waals surface area contributed by atoms with Crippen LogP contribution in [0.3, 0.4) is 0 Å². The Balaban J connectivity index is 2.59. The average molecular weight is 246 g/mol. The van der Waals surface area contributed by atoms with E-state index < -0.39 is 12.0 Å². The summed E-state index contributed by atoms with van der Waals surface area (Å²) in [6, 6.07) is 6.39. The van der Waals surface area contributed by atoms with Gasteiger partial charge in [0.25, 0.3) is 0 Å². The molecule has 3 N–H and O–H groups in total. The van der Waals surface area contributed by atoms with Gasteiger partial charge in [-0.15, -0.1) is 0 Å². The maximum absolute atomic E-state index is 11.3. The molecule has 1 heterocycles. The van der Waals surface area contributed by atoms with Crippen LogP contribution in [-0.2, 0) is 9.59 Å². The van der Waals surface area contributed by atoms with E-state index >= 15 is 0 Å². The quantitative estimate of drug-likeness (QED) is 0.771. The zero-order valence-corrected chi connectivity index (χ0v) is 10.2. The number of H-pyrrole nitrogens is 1. The number of nitrogens with one attached hydrogen (secondary N) is 2. The Kier molecular flexibility index (Phi) is 3.06. The van der Waals surface area contributed by atoms with Gasteiger partial charge in [-0.1, -0.05) is 18.2 Å². The molecule has 1 amide bonds. The monoisotopic (exact) mass is 246 g/mol. The Morgan fingerprint density at radius 2 is 2.00 bits per heavy atom. The summed E-state index contributed by atoms with van der Waals surface area (Å²) in [5.41, 5.74) is 2.22. The number of carbonyl (C=O) groups is 2. The molecule has 1 unspecified atom stereocenters. The van der Waals surface area contributed by atoms with E-state index in [-0.39, 0.29) is 5.91 Å². The highest BCUT2D eigenvalue weighted by Gasteiger charge is 2.25. The molecule has 1 atom stereocenters. The van der Waals surface area contributed by atoms with Gasteiger partial charge in [-0.3, -0.25) is 4.79 Å². The number of hydrogen-bond acceptors (Lipinski definition) is 2. The number of carboxylic acid groups (broad SMARTS) is 1. The maximum Gasteiger partial charge on any atom is 0.331 e. The number of hydrogen-bond donors (Lipinski definition) is 3. The highest BCUT2D eigenvalue weighted by molar-refractivity contribution is 5.92. The van der Waals surface area contributed by atoms with Gasteiger partial charge < -0.3 is 15.4 Å². The second-order valence-corrected chi connectivity index (χ2v) is 4.18. The van der Waals surface area contributed by atoms with Crippen molar-refractivity contribution in [2.45, 2.75) is 19.9 Å². The summed E-state index contributed by atoms with van der Waals surface area (Å²) >= 11 is 0. The van der Waals surface area contributed by atoms with E-state index in [0.29, 0.717) is 5.56 Å². The van der Waals surface area contributed by atoms with Gasteiger partial charge in [0.2, 0.25) is 5.91 Å². The van der Waals surface area contributed by atoms with E-state index in [4.69, 9.17) is 0 Å². The van der Waals surface area contributed by atoms with Crippen molar-refractivity contribution in [3.05, 3.63) is 35.5 Å². The van der Waals surface area contributed by atoms with Gasteiger partial charge >= 0.3 is 5.97 Å². The maximum atomic E-state index is 11.3. The van der Waals surface area contributed by atoms with Crippen molar-refractivity contribution in [3.63, 3.8) is 0 Å². The van der Waals surface area contributed by atoms with Crippen molar-refractivity contribution in [2.24, 2.45) is 0 Å². The first kappa shape index (κ1) is 12.2. The lowest BCUT2D eigenvalue weighted by Crippen LogP contribution is -2.32. The van der Waals surface area contributed by atoms with Crippen LogP contribution in [0.25, 0.3) is 10.9 Å². The van der Waals surface area contributed by atoms with Crippen LogP contribution in [0.15, 0.2) is 24.3 Å². The number of aryl methyl sites for hydroxylation is 1. The van der Waals surface area contributed by atoms with Gasteiger partial charge in [-0.05, 0) is 13.0 Å². The number of carbonyl (C=O) groups excluding carboxylic acids is 1. The van der Waals surface area contributed by atoms with Crippen LogP contribution < -0.4 is 5.32 Å². The number of aliphatic carboxylic acids is 1. The fraction of sp³-hybridized carbons (Fsp3) is 0.231. The Labute approximate surface area is 104 Å². The molecule has 5 nitrogen and oxygen atoms in total. The van der Waals surface area contributed by atoms with E-state index in [2.05, 4.69) is 10.3 Å². The third kappa shape index (κ3) is 2.07. The molecule has 0 saturated carbocycles. The van der Waals surface area contributed by atoms with E-state index in [0.717, 1.165) is 16.6 Å². The van der Waals surface area contributed by atoms with E-state index in [1.54, 1.807) is 6.92 Å². The zero-order chi connectivity index (χ0) is 13.3. The third-order valence-electron chi connectivity index (χ3n) is 2.83. The van der Waals surface area contributed by atoms with Gasteiger partial charge in [0, 0.05) is 29.1 Å². The van der Waals surface area contributed by atoms with Gasteiger partial charge in [-0.2, -0.15) is 0 Å². The second kappa shape index (κ2) is 4.52. The predicted molar refractivity (Wildman–Crippen MR) is 67.2 cm³/mol. The minimum absolute atomic E-state index is 0.368. The Morgan fingerprint density at radius 3 is 2.61 bits per heavy atom. The van der Waals surface area contributed by atoms with Crippen LogP contribution in [0.2, 0.25) is 0 Å². The number of benzene rings is 1. The summed E-state index contributed by atoms with van der Waals surface area (Å²) in [6.07, 6.45) is 0. The molecule has 0 spiro atoms. The van der Waals surface area contributed by atoms with E-state index in [1.165, 1.54) is 6.92 Å². The predicted octanol–water partition coefficient (Wildman–Crippen LogP) is 1.74. The first-order valence-corrected chi connectivity index (χ1v) is 5.58. The summed E-state index contributed by atoms with van der Waals surface area (Å²) in [7, 11) is 0. The molecular formula is C13H14N2O3. The van der Waals surface area contributed by atoms with Crippen LogP contribution in [0.4, 0.5) is 0 Å². The van der Waals surface area contributed by atoms with Crippen molar-refractivity contribution < 1.29 is 14.7 Å². The van der Waals surface area contributed by atoms with Crippen LogP contribution in [0.5, 0.6) is 0 Å². The topological polar surface area (TPSA) is 82.2 Å². The normalized spacial score (nSPS) is 12.3. The molecule has 2 rings (SSSR count). The van der Waals surface area contributed by atoms with Crippen molar-refractivity contribution in [3.8, 4) is 0 Å². The standard InChI is InChI=1S/C13H14N2O3/c1-7-11(12(13(17)18)15-8(2)16)9-5-3-4-6-10(9)14-7/h3-6,12,14H,1-2H3,(H,15,16)(H,17,18). The van der Waals surface area contributed by atoms with Gasteiger partial charge in [0.1, 0.15) is 0 Å². The Bertz CT molecular complexity index is 616. The molecule has 0 aliphatic rings. The highest BCUT2D eigenvalue weighted by atomic mass is 16.4. The van der Waals surface area contributed by atoms with Gasteiger partial charge in [-0.25, -0.2) is 4.79 Å². The smallest absolute Gasteiger partial charge is 0.331 e. The minimum Gasteiger partial charge on any atom is -0.479 e. The zero-order valence-electron chi connectivity index (χ0n) is 10.2. The third-order valence-corrected chi connectivity index (χ3v) is 2.83. The summed E-state index contributed by atoms with van der Waals surface area (Å²) in [4.78, 5) is 25.5. The number of fused-ring (bicyclic) bond motifs is 1. The molecular weight excluding hydrogens is 232 g/mol. The molecule has 5 heteroatoms. The summed E-state index contributed by atoms with van der Waals surface area (Å²) in [5.74, 6) is -1.44. The van der Waals surface area contributed by atoms with Crippen LogP contribution >= 0.6 is 0 Å². The molecule has 0 saturated heterocycles. The number of amides is 1. The molecule has 0 fully saturated rings. The molecule has 1 aromatic heterocycles. The minimum atomic E-state index is -1.07. The lowest BCUT2D eigenvalue weighted by atomic mass is 10.0. The summed E-state index contributed by atoms with van der Waals surface area (Å²) in [6.45, 7) is 3.10. The highest BCUT2D eigenvalue weighted by Crippen LogP contribution is 2.27. The van der Waals surface area contributed by atoms with Crippen molar-refractivity contribution in [2.75, 3.05) is 0 Å². The number of carboxylic acids is 1. The van der Waals surface area contributed by atoms with Crippen molar-refractivity contribution in [1.82, 2.24) is 10.3 Å². The SMILES string of the molecule is CC(=O)NC(C(=O)O)c1c(C)[nH]c2ccccc12. The largest absolute Gasteiger partial charge is 0.479 e. The number of aromatic nitrogens is 1. The first-order valence-electron chi connectivity index (χ1n) is 5.58. The number of rotatable bonds is 3. The molecule has 1 aromatic carbocycles. The fourth-order valence-electron chi connectivity index (χ4n) is 2.13. The van der Waals surface area contributed by atoms with Crippen LogP contribution in [0.1, 0.15) is 24.2 Å². The molecule has 0 bridgehead atoms. The molecule has 18 heavy (non-hydrogen) atoms. The lowest BCUT2D eigenvalue weighted by molar-refractivity contribution is -0.141. The fourth-order valence-corrected chi connectivity index (χ4v) is 2.13. The Hall–Kier alpha value is -2.30. The van der Waals surface area contributed by atoms with Gasteiger partial charge in [0.05, 0.1) is 0 Å². The summed E-state index contributed by atoms with van der Waals surface area (Å²) in [5, 5.41) is 12.5. The molecule has 2 aromatic rings. The molecule has 0 aliphatic heterocycles. The molecule has 0 aliphatic carbocycles. The number of para-hydroxylation sites is 1. The Morgan fingerprint density at radius 1 is 1.33 bits per heavy atom. The van der Waals surface area contributed by atoms with Gasteiger partial charge in [0.15, 0.2) is 6.04 Å². The number of aromatic amines is 1. The summed E-state index contributed by atoms with van der Waals surface area (Å²) < 4.78 is 0.